The maximum Gasteiger partial charge on any atom is 0.224 e. The Morgan fingerprint density at radius 1 is 1.24 bits per heavy atom. The maximum absolute atomic E-state index is 13.0. The molecule has 1 aliphatic rings. The van der Waals surface area contributed by atoms with E-state index in [0.717, 1.165) is 17.3 Å². The van der Waals surface area contributed by atoms with Gasteiger partial charge in [-0.15, -0.1) is 0 Å². The number of fused-ring (bicyclic) bond motifs is 1. The summed E-state index contributed by atoms with van der Waals surface area (Å²) in [5.41, 5.74) is 3.49. The topological polar surface area (TPSA) is 61.0 Å². The molecule has 4 atom stereocenters. The van der Waals surface area contributed by atoms with E-state index in [-0.39, 0.29) is 23.3 Å². The molecule has 0 saturated heterocycles. The molecule has 0 radical (unpaired) electrons. The van der Waals surface area contributed by atoms with Crippen LogP contribution in [0.3, 0.4) is 0 Å². The van der Waals surface area contributed by atoms with Gasteiger partial charge in [0.05, 0.1) is 17.6 Å². The van der Waals surface area contributed by atoms with Crippen molar-refractivity contribution in [3.63, 3.8) is 0 Å². The number of amides is 1. The van der Waals surface area contributed by atoms with Crippen LogP contribution in [0.4, 0.5) is 0 Å². The summed E-state index contributed by atoms with van der Waals surface area (Å²) in [5.74, 6) is 0.558. The Morgan fingerprint density at radius 2 is 2.00 bits per heavy atom. The molecule has 29 heavy (non-hydrogen) atoms. The van der Waals surface area contributed by atoms with Crippen LogP contribution in [0.25, 0.3) is 10.9 Å². The molecule has 1 heterocycles. The highest BCUT2D eigenvalue weighted by atomic mass is 16.2. The third kappa shape index (κ3) is 3.67. The fraction of sp³-hybridized carbons (Fsp3) is 0.417. The number of benzene rings is 2. The van der Waals surface area contributed by atoms with Crippen molar-refractivity contribution in [1.82, 2.24) is 20.4 Å². The van der Waals surface area contributed by atoms with Gasteiger partial charge in [0.25, 0.3) is 0 Å². The van der Waals surface area contributed by atoms with E-state index >= 15 is 0 Å². The van der Waals surface area contributed by atoms with Crippen molar-refractivity contribution in [1.29, 1.82) is 0 Å². The standard InChI is InChI=1S/C24H30N4O/c1-16-22(24(16,2)19-8-6-5-7-9-19)23(29)25-15-20(28(3)4)13-17-10-11-21-18(12-17)14-26-27-21/h5-12,14,16,20,22H,13,15H2,1-4H3,(H,25,29)(H,26,27)/t16?,20-,22?,24+/m0/s1. The van der Waals surface area contributed by atoms with Crippen LogP contribution in [-0.2, 0) is 16.6 Å². The molecule has 4 rings (SSSR count). The lowest BCUT2D eigenvalue weighted by atomic mass is 9.94. The summed E-state index contributed by atoms with van der Waals surface area (Å²) < 4.78 is 0. The van der Waals surface area contributed by atoms with Gasteiger partial charge in [0, 0.05) is 23.4 Å². The highest BCUT2D eigenvalue weighted by molar-refractivity contribution is 5.85. The predicted octanol–water partition coefficient (Wildman–Crippen LogP) is 3.38. The maximum atomic E-state index is 13.0. The number of H-pyrrole nitrogens is 1. The molecule has 2 aromatic carbocycles. The fourth-order valence-corrected chi connectivity index (χ4v) is 4.62. The minimum atomic E-state index is -0.0642. The van der Waals surface area contributed by atoms with Crippen molar-refractivity contribution >= 4 is 16.8 Å². The number of carbonyl (C=O) groups excluding carboxylic acids is 1. The van der Waals surface area contributed by atoms with Crippen LogP contribution < -0.4 is 5.32 Å². The second-order valence-corrected chi connectivity index (χ2v) is 8.77. The molecule has 3 aromatic rings. The zero-order chi connectivity index (χ0) is 20.6. The molecule has 1 aliphatic carbocycles. The van der Waals surface area contributed by atoms with E-state index < -0.39 is 0 Å². The van der Waals surface area contributed by atoms with E-state index in [1.54, 1.807) is 0 Å². The summed E-state index contributed by atoms with van der Waals surface area (Å²) in [5, 5.41) is 11.4. The molecule has 0 aliphatic heterocycles. The van der Waals surface area contributed by atoms with E-state index in [9.17, 15) is 4.79 Å². The van der Waals surface area contributed by atoms with Gasteiger partial charge in [0.1, 0.15) is 0 Å². The van der Waals surface area contributed by atoms with Crippen LogP contribution in [0.15, 0.2) is 54.7 Å². The first-order chi connectivity index (χ1) is 13.9. The molecule has 2 unspecified atom stereocenters. The number of carbonyl (C=O) groups is 1. The summed E-state index contributed by atoms with van der Waals surface area (Å²) >= 11 is 0. The van der Waals surface area contributed by atoms with Gasteiger partial charge in [-0.25, -0.2) is 0 Å². The lowest BCUT2D eigenvalue weighted by Crippen LogP contribution is -2.42. The van der Waals surface area contributed by atoms with Crippen molar-refractivity contribution in [2.75, 3.05) is 20.6 Å². The first kappa shape index (κ1) is 19.6. The number of likely N-dealkylation sites (N-methyl/N-ethyl adjacent to an activating group) is 1. The molecule has 1 fully saturated rings. The predicted molar refractivity (Wildman–Crippen MR) is 117 cm³/mol. The van der Waals surface area contributed by atoms with E-state index in [4.69, 9.17) is 0 Å². The lowest BCUT2D eigenvalue weighted by molar-refractivity contribution is -0.123. The lowest BCUT2D eigenvalue weighted by Gasteiger charge is -2.25. The summed E-state index contributed by atoms with van der Waals surface area (Å²) in [6, 6.07) is 17.0. The molecule has 152 valence electrons. The number of nitrogens with one attached hydrogen (secondary N) is 2. The van der Waals surface area contributed by atoms with Gasteiger partial charge in [-0.05, 0) is 49.7 Å². The van der Waals surface area contributed by atoms with Crippen LogP contribution in [0.1, 0.15) is 25.0 Å². The molecule has 1 saturated carbocycles. The van der Waals surface area contributed by atoms with Gasteiger partial charge in [0.15, 0.2) is 0 Å². The van der Waals surface area contributed by atoms with Gasteiger partial charge >= 0.3 is 0 Å². The second-order valence-electron chi connectivity index (χ2n) is 8.77. The molecule has 5 nitrogen and oxygen atoms in total. The average Bonchev–Trinajstić information content (AvgIpc) is 3.05. The summed E-state index contributed by atoms with van der Waals surface area (Å²) in [6.45, 7) is 5.03. The van der Waals surface area contributed by atoms with Crippen LogP contribution in [0.5, 0.6) is 0 Å². The Morgan fingerprint density at radius 3 is 2.72 bits per heavy atom. The molecule has 0 spiro atoms. The fourth-order valence-electron chi connectivity index (χ4n) is 4.62. The van der Waals surface area contributed by atoms with E-state index in [1.807, 2.05) is 12.3 Å². The first-order valence-electron chi connectivity index (χ1n) is 10.3. The minimum Gasteiger partial charge on any atom is -0.354 e. The number of hydrogen-bond acceptors (Lipinski definition) is 3. The van der Waals surface area contributed by atoms with Crippen molar-refractivity contribution in [3.05, 3.63) is 65.9 Å². The van der Waals surface area contributed by atoms with Gasteiger partial charge in [-0.3, -0.25) is 9.89 Å². The zero-order valence-corrected chi connectivity index (χ0v) is 17.6. The van der Waals surface area contributed by atoms with Crippen LogP contribution in [0.2, 0.25) is 0 Å². The number of aromatic amines is 1. The Labute approximate surface area is 172 Å². The van der Waals surface area contributed by atoms with E-state index in [0.29, 0.717) is 12.5 Å². The van der Waals surface area contributed by atoms with Crippen molar-refractivity contribution < 1.29 is 4.79 Å². The number of rotatable bonds is 7. The quantitative estimate of drug-likeness (QED) is 0.650. The molecular formula is C24H30N4O. The molecule has 1 aromatic heterocycles. The summed E-state index contributed by atoms with van der Waals surface area (Å²) in [7, 11) is 4.14. The number of aromatic nitrogens is 2. The summed E-state index contributed by atoms with van der Waals surface area (Å²) in [6.07, 6.45) is 2.73. The summed E-state index contributed by atoms with van der Waals surface area (Å²) in [4.78, 5) is 15.2. The number of hydrogen-bond donors (Lipinski definition) is 2. The smallest absolute Gasteiger partial charge is 0.224 e. The Hall–Kier alpha value is -2.66. The largest absolute Gasteiger partial charge is 0.354 e. The zero-order valence-electron chi connectivity index (χ0n) is 17.6. The Balaban J connectivity index is 1.40. The molecule has 1 amide bonds. The van der Waals surface area contributed by atoms with Gasteiger partial charge in [-0.2, -0.15) is 5.10 Å². The molecular weight excluding hydrogens is 360 g/mol. The molecule has 0 bridgehead atoms. The van der Waals surface area contributed by atoms with Crippen molar-refractivity contribution in [2.24, 2.45) is 11.8 Å². The van der Waals surface area contributed by atoms with Crippen molar-refractivity contribution in [2.45, 2.75) is 31.7 Å². The Kier molecular flexibility index (Phi) is 5.17. The first-order valence-corrected chi connectivity index (χ1v) is 10.3. The van der Waals surface area contributed by atoms with E-state index in [1.165, 1.54) is 11.1 Å². The van der Waals surface area contributed by atoms with Crippen molar-refractivity contribution in [3.8, 4) is 0 Å². The highest BCUT2D eigenvalue weighted by Crippen LogP contribution is 2.59. The van der Waals surface area contributed by atoms with Crippen LogP contribution in [0, 0.1) is 11.8 Å². The van der Waals surface area contributed by atoms with Crippen LogP contribution in [-0.4, -0.2) is 47.7 Å². The number of nitrogens with zero attached hydrogens (tertiary/aromatic N) is 2. The molecule has 2 N–H and O–H groups in total. The molecule has 5 heteroatoms. The van der Waals surface area contributed by atoms with Crippen LogP contribution >= 0.6 is 0 Å². The third-order valence-electron chi connectivity index (χ3n) is 6.88. The average molecular weight is 391 g/mol. The van der Waals surface area contributed by atoms with E-state index in [2.05, 4.69) is 90.8 Å². The Bertz CT molecular complexity index is 996. The van der Waals surface area contributed by atoms with Gasteiger partial charge < -0.3 is 10.2 Å². The second kappa shape index (κ2) is 7.64. The normalized spacial score (nSPS) is 24.6. The van der Waals surface area contributed by atoms with Gasteiger partial charge in [0.2, 0.25) is 5.91 Å². The monoisotopic (exact) mass is 390 g/mol. The minimum absolute atomic E-state index is 0.0370. The SMILES string of the molecule is CC1C(C(=O)NC[C@H](Cc2ccc3[nH]ncc3c2)N(C)C)[C@@]1(C)c1ccccc1. The highest BCUT2D eigenvalue weighted by Gasteiger charge is 2.62. The van der Waals surface area contributed by atoms with Gasteiger partial charge in [-0.1, -0.05) is 50.2 Å². The third-order valence-corrected chi connectivity index (χ3v) is 6.88.